The van der Waals surface area contributed by atoms with Crippen LogP contribution in [0.2, 0.25) is 0 Å². The first-order chi connectivity index (χ1) is 19.4. The quantitative estimate of drug-likeness (QED) is 0.282. The lowest BCUT2D eigenvalue weighted by atomic mass is 9.86. The summed E-state index contributed by atoms with van der Waals surface area (Å²) in [7, 11) is 0. The second-order valence-corrected chi connectivity index (χ2v) is 12.7. The lowest BCUT2D eigenvalue weighted by Crippen LogP contribution is -2.04. The molecule has 2 fully saturated rings. The Balaban J connectivity index is -0.000000424. The van der Waals surface area contributed by atoms with Gasteiger partial charge in [0, 0.05) is 0 Å². The van der Waals surface area contributed by atoms with Crippen LogP contribution in [0.5, 0.6) is 0 Å². The Morgan fingerprint density at radius 2 is 1.05 bits per heavy atom. The Morgan fingerprint density at radius 1 is 0.575 bits per heavy atom. The van der Waals surface area contributed by atoms with Gasteiger partial charge in [0.15, 0.2) is 0 Å². The largest absolute Gasteiger partial charge is 0.0656 e. The number of unbranched alkanes of at least 4 members (excludes halogenated alkanes) is 2. The van der Waals surface area contributed by atoms with Crippen molar-refractivity contribution in [3.8, 4) is 0 Å². The lowest BCUT2D eigenvalue weighted by molar-refractivity contribution is 0.336. The van der Waals surface area contributed by atoms with Gasteiger partial charge < -0.3 is 0 Å². The minimum Gasteiger partial charge on any atom is -0.0656 e. The van der Waals surface area contributed by atoms with Crippen molar-refractivity contribution in [3.63, 3.8) is 0 Å². The molecule has 0 amide bonds. The van der Waals surface area contributed by atoms with Crippen molar-refractivity contribution >= 4 is 0 Å². The summed E-state index contributed by atoms with van der Waals surface area (Å²) in [5.41, 5.74) is 1.44. The molecule has 1 aromatic carbocycles. The zero-order valence-corrected chi connectivity index (χ0v) is 30.0. The molecule has 0 spiro atoms. The van der Waals surface area contributed by atoms with Crippen LogP contribution in [0.25, 0.3) is 0 Å². The molecule has 240 valence electrons. The Labute approximate surface area is 257 Å². The van der Waals surface area contributed by atoms with Gasteiger partial charge in [0.2, 0.25) is 0 Å². The molecule has 2 aliphatic carbocycles. The Kier molecular flexibility index (Phi) is 41.7. The highest BCUT2D eigenvalue weighted by molar-refractivity contribution is 5.14. The van der Waals surface area contributed by atoms with Crippen LogP contribution < -0.4 is 0 Å². The van der Waals surface area contributed by atoms with Gasteiger partial charge in [-0.05, 0) is 29.7 Å². The van der Waals surface area contributed by atoms with E-state index in [9.17, 15) is 0 Å². The fourth-order valence-electron chi connectivity index (χ4n) is 5.34. The van der Waals surface area contributed by atoms with Crippen molar-refractivity contribution < 1.29 is 0 Å². The fraction of sp³-hybridized carbons (Fsp3) is 0.850. The van der Waals surface area contributed by atoms with Gasteiger partial charge in [0.1, 0.15) is 0 Å². The van der Waals surface area contributed by atoms with E-state index >= 15 is 0 Å². The van der Waals surface area contributed by atoms with Crippen LogP contribution in [0.1, 0.15) is 203 Å². The summed E-state index contributed by atoms with van der Waals surface area (Å²) in [5, 5.41) is 0. The van der Waals surface area contributed by atoms with Crippen molar-refractivity contribution in [2.24, 2.45) is 17.8 Å². The number of hydrogen-bond donors (Lipinski definition) is 0. The van der Waals surface area contributed by atoms with Crippen LogP contribution in [-0.2, 0) is 6.42 Å². The third kappa shape index (κ3) is 37.2. The molecule has 0 aliphatic heterocycles. The summed E-state index contributed by atoms with van der Waals surface area (Å²) in [6.45, 7) is 22.2. The van der Waals surface area contributed by atoms with E-state index in [4.69, 9.17) is 0 Å². The fourth-order valence-corrected chi connectivity index (χ4v) is 5.34. The maximum atomic E-state index is 2.32. The summed E-state index contributed by atoms with van der Waals surface area (Å²) in [4.78, 5) is 0. The predicted molar refractivity (Wildman–Crippen MR) is 190 cm³/mol. The first kappa shape index (κ1) is 43.7. The summed E-state index contributed by atoms with van der Waals surface area (Å²) in [6, 6.07) is 10.6. The van der Waals surface area contributed by atoms with Crippen molar-refractivity contribution in [2.45, 2.75) is 204 Å². The summed E-state index contributed by atoms with van der Waals surface area (Å²) in [6.07, 6.45) is 29.8. The molecule has 0 N–H and O–H groups in total. The van der Waals surface area contributed by atoms with Crippen molar-refractivity contribution in [1.29, 1.82) is 0 Å². The molecule has 0 nitrogen and oxygen atoms in total. The molecule has 0 heteroatoms. The first-order valence-corrected chi connectivity index (χ1v) is 18.4. The van der Waals surface area contributed by atoms with Gasteiger partial charge in [-0.3, -0.25) is 0 Å². The van der Waals surface area contributed by atoms with Gasteiger partial charge in [-0.25, -0.2) is 0 Å². The van der Waals surface area contributed by atoms with Gasteiger partial charge in [-0.1, -0.05) is 228 Å². The normalized spacial score (nSPS) is 14.9. The molecule has 0 heterocycles. The number of rotatable bonds is 9. The van der Waals surface area contributed by atoms with Crippen LogP contribution >= 0.6 is 0 Å². The minimum atomic E-state index is 0.898. The third-order valence-electron chi connectivity index (χ3n) is 7.68. The standard InChI is InChI=1S/C9H18.C9H12.C8H16.C6H14.C5H12.C3H8/c2*1-2-6-9-7-4-3-5-8-9;1-2-8-6-4-3-5-7-8;1-4-5-6(2)3;1-3-5-4-2;1-3-2/h9H,2-8H2,1H3;3-5,7-8H,2,6H2,1H3;8H,2-7H2,1H3;6H,4-5H2,1-3H3;3-5H2,1-2H3;3H2,1-2H3. The van der Waals surface area contributed by atoms with E-state index in [1.807, 2.05) is 0 Å². The molecule has 0 aromatic heterocycles. The molecule has 0 saturated heterocycles. The molecule has 0 bridgehead atoms. The molecule has 0 unspecified atom stereocenters. The van der Waals surface area contributed by atoms with Gasteiger partial charge in [0.25, 0.3) is 0 Å². The molecular formula is C40H80. The Morgan fingerprint density at radius 3 is 1.32 bits per heavy atom. The lowest BCUT2D eigenvalue weighted by Gasteiger charge is -2.20. The molecule has 1 aromatic rings. The predicted octanol–water partition coefficient (Wildman–Crippen LogP) is 15.0. The first-order valence-electron chi connectivity index (χ1n) is 18.4. The van der Waals surface area contributed by atoms with Crippen LogP contribution in [0, 0.1) is 17.8 Å². The van der Waals surface area contributed by atoms with Crippen molar-refractivity contribution in [1.82, 2.24) is 0 Å². The Hall–Kier alpha value is -0.780. The second kappa shape index (κ2) is 38.2. The van der Waals surface area contributed by atoms with E-state index in [1.54, 1.807) is 0 Å². The highest BCUT2D eigenvalue weighted by atomic mass is 14.2. The Bertz CT molecular complexity index is 499. The van der Waals surface area contributed by atoms with E-state index in [0.29, 0.717) is 0 Å². The average Bonchev–Trinajstić information content (AvgIpc) is 2.97. The molecule has 40 heavy (non-hydrogen) atoms. The molecular weight excluding hydrogens is 480 g/mol. The molecule has 0 radical (unpaired) electrons. The molecule has 3 rings (SSSR count). The second-order valence-electron chi connectivity index (χ2n) is 12.7. The van der Waals surface area contributed by atoms with E-state index in [1.165, 1.54) is 140 Å². The van der Waals surface area contributed by atoms with Crippen molar-refractivity contribution in [2.75, 3.05) is 0 Å². The van der Waals surface area contributed by atoms with E-state index in [-0.39, 0.29) is 0 Å². The van der Waals surface area contributed by atoms with Crippen LogP contribution in [0.4, 0.5) is 0 Å². The number of benzene rings is 1. The van der Waals surface area contributed by atoms with E-state index in [0.717, 1.165) is 17.8 Å². The molecule has 0 atom stereocenters. The summed E-state index contributed by atoms with van der Waals surface area (Å²) in [5.74, 6) is 3.09. The zero-order valence-electron chi connectivity index (χ0n) is 30.0. The highest BCUT2D eigenvalue weighted by Gasteiger charge is 2.11. The molecule has 2 aliphatic rings. The van der Waals surface area contributed by atoms with Gasteiger partial charge in [-0.2, -0.15) is 0 Å². The monoisotopic (exact) mass is 561 g/mol. The topological polar surface area (TPSA) is 0 Å². The van der Waals surface area contributed by atoms with Gasteiger partial charge in [-0.15, -0.1) is 0 Å². The van der Waals surface area contributed by atoms with Crippen LogP contribution in [0.15, 0.2) is 30.3 Å². The third-order valence-corrected chi connectivity index (χ3v) is 7.68. The SMILES string of the molecule is CCC.CCC1CCCCC1.CCCC(C)C.CCCC1CCCCC1.CCCCC.CCCc1ccccc1. The smallest absolute Gasteiger partial charge is 0.0281 e. The van der Waals surface area contributed by atoms with Crippen LogP contribution in [-0.4, -0.2) is 0 Å². The number of hydrogen-bond acceptors (Lipinski definition) is 0. The maximum absolute atomic E-state index is 2.32. The van der Waals surface area contributed by atoms with E-state index in [2.05, 4.69) is 99.6 Å². The summed E-state index contributed by atoms with van der Waals surface area (Å²) >= 11 is 0. The number of aryl methyl sites for hydroxylation is 1. The molecule has 2 saturated carbocycles. The van der Waals surface area contributed by atoms with Gasteiger partial charge in [0.05, 0.1) is 0 Å². The van der Waals surface area contributed by atoms with Gasteiger partial charge >= 0.3 is 0 Å². The van der Waals surface area contributed by atoms with Crippen molar-refractivity contribution in [3.05, 3.63) is 35.9 Å². The average molecular weight is 561 g/mol. The zero-order chi connectivity index (χ0) is 30.7. The maximum Gasteiger partial charge on any atom is -0.0281 e. The van der Waals surface area contributed by atoms with Crippen LogP contribution in [0.3, 0.4) is 0 Å². The highest BCUT2D eigenvalue weighted by Crippen LogP contribution is 2.27. The van der Waals surface area contributed by atoms with E-state index < -0.39 is 0 Å². The summed E-state index contributed by atoms with van der Waals surface area (Å²) < 4.78 is 0. The minimum absolute atomic E-state index is 0.898.